The number of benzene rings is 1. The molecule has 1 amide bonds. The summed E-state index contributed by atoms with van der Waals surface area (Å²) in [7, 11) is 0. The van der Waals surface area contributed by atoms with Crippen molar-refractivity contribution >= 4 is 11.9 Å². The SMILES string of the molecule is CCC1C[C@H](C(=O)NCc2ccccc2C)[C@H](C(=O)O)C1. The third-order valence-corrected chi connectivity index (χ3v) is 4.61. The zero-order chi connectivity index (χ0) is 15.4. The van der Waals surface area contributed by atoms with Gasteiger partial charge in [-0.2, -0.15) is 0 Å². The van der Waals surface area contributed by atoms with E-state index in [1.807, 2.05) is 31.2 Å². The van der Waals surface area contributed by atoms with Crippen molar-refractivity contribution in [3.05, 3.63) is 35.4 Å². The fraction of sp³-hybridized carbons (Fsp3) is 0.529. The van der Waals surface area contributed by atoms with Crippen molar-refractivity contribution in [2.75, 3.05) is 0 Å². The number of aryl methyl sites for hydroxylation is 1. The number of carboxylic acid groups (broad SMARTS) is 1. The van der Waals surface area contributed by atoms with Crippen LogP contribution >= 0.6 is 0 Å². The van der Waals surface area contributed by atoms with Gasteiger partial charge in [-0.05, 0) is 36.8 Å². The minimum atomic E-state index is -0.845. The first-order valence-corrected chi connectivity index (χ1v) is 7.58. The lowest BCUT2D eigenvalue weighted by atomic mass is 9.95. The lowest BCUT2D eigenvalue weighted by Crippen LogP contribution is -2.35. The quantitative estimate of drug-likeness (QED) is 0.876. The maximum Gasteiger partial charge on any atom is 0.307 e. The third kappa shape index (κ3) is 3.63. The fourth-order valence-corrected chi connectivity index (χ4v) is 3.16. The van der Waals surface area contributed by atoms with Crippen molar-refractivity contribution in [3.8, 4) is 0 Å². The van der Waals surface area contributed by atoms with E-state index in [0.29, 0.717) is 25.3 Å². The van der Waals surface area contributed by atoms with Gasteiger partial charge in [0.1, 0.15) is 0 Å². The van der Waals surface area contributed by atoms with Gasteiger partial charge in [0.05, 0.1) is 11.8 Å². The highest BCUT2D eigenvalue weighted by molar-refractivity contribution is 5.85. The summed E-state index contributed by atoms with van der Waals surface area (Å²) in [6.07, 6.45) is 2.24. The predicted molar refractivity (Wildman–Crippen MR) is 80.7 cm³/mol. The van der Waals surface area contributed by atoms with E-state index in [0.717, 1.165) is 17.5 Å². The second-order valence-corrected chi connectivity index (χ2v) is 5.94. The zero-order valence-corrected chi connectivity index (χ0v) is 12.6. The van der Waals surface area contributed by atoms with Gasteiger partial charge in [0.25, 0.3) is 0 Å². The number of aliphatic carboxylic acids is 1. The largest absolute Gasteiger partial charge is 0.481 e. The van der Waals surface area contributed by atoms with E-state index in [1.165, 1.54) is 0 Å². The molecule has 0 aromatic heterocycles. The van der Waals surface area contributed by atoms with Crippen molar-refractivity contribution in [3.63, 3.8) is 0 Å². The molecule has 0 spiro atoms. The molecule has 0 bridgehead atoms. The minimum Gasteiger partial charge on any atom is -0.481 e. The Labute approximate surface area is 125 Å². The average molecular weight is 289 g/mol. The van der Waals surface area contributed by atoms with Crippen molar-refractivity contribution < 1.29 is 14.7 Å². The van der Waals surface area contributed by atoms with E-state index in [-0.39, 0.29) is 5.91 Å². The highest BCUT2D eigenvalue weighted by Gasteiger charge is 2.41. The second kappa shape index (κ2) is 6.74. The fourth-order valence-electron chi connectivity index (χ4n) is 3.16. The van der Waals surface area contributed by atoms with Crippen molar-refractivity contribution in [1.29, 1.82) is 0 Å². The van der Waals surface area contributed by atoms with Crippen LogP contribution in [0.5, 0.6) is 0 Å². The van der Waals surface area contributed by atoms with Crippen LogP contribution in [0, 0.1) is 24.7 Å². The van der Waals surface area contributed by atoms with Crippen molar-refractivity contribution in [2.45, 2.75) is 39.7 Å². The number of carbonyl (C=O) groups excluding carboxylic acids is 1. The molecular weight excluding hydrogens is 266 g/mol. The Morgan fingerprint density at radius 1 is 1.24 bits per heavy atom. The number of amides is 1. The molecule has 0 heterocycles. The van der Waals surface area contributed by atoms with E-state index in [4.69, 9.17) is 0 Å². The molecule has 1 unspecified atom stereocenters. The lowest BCUT2D eigenvalue weighted by molar-refractivity contribution is -0.146. The molecule has 1 aromatic rings. The monoisotopic (exact) mass is 289 g/mol. The third-order valence-electron chi connectivity index (χ3n) is 4.61. The highest BCUT2D eigenvalue weighted by atomic mass is 16.4. The molecule has 3 atom stereocenters. The number of carbonyl (C=O) groups is 2. The van der Waals surface area contributed by atoms with Crippen LogP contribution in [0.4, 0.5) is 0 Å². The number of carboxylic acids is 1. The van der Waals surface area contributed by atoms with Gasteiger partial charge < -0.3 is 10.4 Å². The van der Waals surface area contributed by atoms with Gasteiger partial charge in [-0.1, -0.05) is 37.6 Å². The molecule has 21 heavy (non-hydrogen) atoms. The Kier molecular flexibility index (Phi) is 4.99. The van der Waals surface area contributed by atoms with Crippen LogP contribution in [0.25, 0.3) is 0 Å². The van der Waals surface area contributed by atoms with Crippen LogP contribution < -0.4 is 5.32 Å². The maximum atomic E-state index is 12.3. The predicted octanol–water partition coefficient (Wildman–Crippen LogP) is 2.75. The first-order valence-electron chi connectivity index (χ1n) is 7.58. The molecule has 114 valence electrons. The Morgan fingerprint density at radius 2 is 1.90 bits per heavy atom. The van der Waals surface area contributed by atoms with Crippen LogP contribution in [-0.4, -0.2) is 17.0 Å². The number of rotatable bonds is 5. The molecule has 1 aliphatic carbocycles. The van der Waals surface area contributed by atoms with Gasteiger partial charge in [0, 0.05) is 6.54 Å². The van der Waals surface area contributed by atoms with Gasteiger partial charge in [0.2, 0.25) is 5.91 Å². The van der Waals surface area contributed by atoms with Gasteiger partial charge >= 0.3 is 5.97 Å². The van der Waals surface area contributed by atoms with Crippen LogP contribution in [0.2, 0.25) is 0 Å². The first-order chi connectivity index (χ1) is 10.0. The van der Waals surface area contributed by atoms with Crippen molar-refractivity contribution in [1.82, 2.24) is 5.32 Å². The molecular formula is C17H23NO3. The summed E-state index contributed by atoms with van der Waals surface area (Å²) in [5, 5.41) is 12.2. The Hall–Kier alpha value is -1.84. The minimum absolute atomic E-state index is 0.124. The molecule has 1 aliphatic rings. The second-order valence-electron chi connectivity index (χ2n) is 5.94. The van der Waals surface area contributed by atoms with E-state index in [9.17, 15) is 14.7 Å². The van der Waals surface area contributed by atoms with E-state index >= 15 is 0 Å². The summed E-state index contributed by atoms with van der Waals surface area (Å²) >= 11 is 0. The van der Waals surface area contributed by atoms with Crippen molar-refractivity contribution in [2.24, 2.45) is 17.8 Å². The lowest BCUT2D eigenvalue weighted by Gasteiger charge is -2.16. The molecule has 4 heteroatoms. The number of hydrogen-bond donors (Lipinski definition) is 2. The zero-order valence-electron chi connectivity index (χ0n) is 12.6. The Bertz CT molecular complexity index is 527. The first kappa shape index (κ1) is 15.5. The Balaban J connectivity index is 1.99. The molecule has 0 radical (unpaired) electrons. The molecule has 1 fully saturated rings. The normalized spacial score (nSPS) is 24.8. The Morgan fingerprint density at radius 3 is 2.52 bits per heavy atom. The van der Waals surface area contributed by atoms with Gasteiger partial charge in [-0.15, -0.1) is 0 Å². The van der Waals surface area contributed by atoms with Gasteiger partial charge in [-0.3, -0.25) is 9.59 Å². The van der Waals surface area contributed by atoms with Gasteiger partial charge in [-0.25, -0.2) is 0 Å². The molecule has 1 aromatic carbocycles. The summed E-state index contributed by atoms with van der Waals surface area (Å²) in [4.78, 5) is 23.7. The molecule has 2 N–H and O–H groups in total. The summed E-state index contributed by atoms with van der Waals surface area (Å²) in [6.45, 7) is 4.52. The molecule has 2 rings (SSSR count). The molecule has 4 nitrogen and oxygen atoms in total. The standard InChI is InChI=1S/C17H23NO3/c1-3-12-8-14(15(9-12)17(20)21)16(19)18-10-13-7-5-4-6-11(13)2/h4-7,12,14-15H,3,8-10H2,1-2H3,(H,18,19)(H,20,21)/t12?,14-,15+/m0/s1. The number of hydrogen-bond acceptors (Lipinski definition) is 2. The maximum absolute atomic E-state index is 12.3. The summed E-state index contributed by atoms with van der Waals surface area (Å²) in [6, 6.07) is 7.89. The number of nitrogens with one attached hydrogen (secondary N) is 1. The molecule has 0 aliphatic heterocycles. The van der Waals surface area contributed by atoms with Crippen LogP contribution in [0.15, 0.2) is 24.3 Å². The van der Waals surface area contributed by atoms with Gasteiger partial charge in [0.15, 0.2) is 0 Å². The summed E-state index contributed by atoms with van der Waals surface area (Å²) < 4.78 is 0. The average Bonchev–Trinajstić information content (AvgIpc) is 2.90. The summed E-state index contributed by atoms with van der Waals surface area (Å²) in [5.41, 5.74) is 2.20. The summed E-state index contributed by atoms with van der Waals surface area (Å²) in [5.74, 6) is -1.55. The molecule has 0 saturated heterocycles. The smallest absolute Gasteiger partial charge is 0.307 e. The van der Waals surface area contributed by atoms with E-state index in [2.05, 4.69) is 12.2 Å². The van der Waals surface area contributed by atoms with Crippen LogP contribution in [-0.2, 0) is 16.1 Å². The topological polar surface area (TPSA) is 66.4 Å². The molecule has 1 saturated carbocycles. The van der Waals surface area contributed by atoms with Crippen LogP contribution in [0.1, 0.15) is 37.3 Å². The van der Waals surface area contributed by atoms with Crippen LogP contribution in [0.3, 0.4) is 0 Å². The van der Waals surface area contributed by atoms with E-state index < -0.39 is 17.8 Å². The highest BCUT2D eigenvalue weighted by Crippen LogP contribution is 2.38. The van der Waals surface area contributed by atoms with E-state index in [1.54, 1.807) is 0 Å².